The molecule has 0 heterocycles. The molecule has 0 aromatic heterocycles. The zero-order chi connectivity index (χ0) is 31.1. The van der Waals surface area contributed by atoms with Crippen molar-refractivity contribution in [1.29, 1.82) is 0 Å². The van der Waals surface area contributed by atoms with Crippen molar-refractivity contribution in [1.82, 2.24) is 0 Å². The Balaban J connectivity index is 0.000000571. The number of aromatic carboxylic acids is 2. The van der Waals surface area contributed by atoms with E-state index in [2.05, 4.69) is 55.4 Å². The van der Waals surface area contributed by atoms with Crippen molar-refractivity contribution in [3.63, 3.8) is 0 Å². The maximum Gasteiger partial charge on any atom is 0.335 e. The van der Waals surface area contributed by atoms with Crippen LogP contribution in [0.4, 0.5) is 0 Å². The van der Waals surface area contributed by atoms with Crippen molar-refractivity contribution < 1.29 is 30.0 Å². The van der Waals surface area contributed by atoms with Gasteiger partial charge in [0.25, 0.3) is 0 Å². The fourth-order valence-corrected chi connectivity index (χ4v) is 4.12. The first-order chi connectivity index (χ1) is 18.5. The van der Waals surface area contributed by atoms with E-state index in [0.717, 1.165) is 49.7 Å². The summed E-state index contributed by atoms with van der Waals surface area (Å²) in [5.41, 5.74) is 3.14. The first kappa shape index (κ1) is 37.3. The van der Waals surface area contributed by atoms with E-state index in [4.69, 9.17) is 10.2 Å². The van der Waals surface area contributed by atoms with Gasteiger partial charge in [0.05, 0.1) is 23.3 Å². The third-order valence-electron chi connectivity index (χ3n) is 6.88. The molecule has 0 saturated carbocycles. The molecule has 0 bridgehead atoms. The van der Waals surface area contributed by atoms with Crippen LogP contribution < -0.4 is 0 Å². The lowest BCUT2D eigenvalue weighted by Gasteiger charge is -2.26. The standard InChI is InChI=1S/C12H26O2.2C11H14O2/c1-4-7-9-10(11(13)6-3)12(14)8-5-2;2*1-11(2,3)9-6-4-8(5-7-9)10(12)13/h10-14H,4-9H2,1-3H3;2*4-7H,1-3H3,(H,12,13). The molecule has 6 nitrogen and oxygen atoms in total. The Labute approximate surface area is 242 Å². The summed E-state index contributed by atoms with van der Waals surface area (Å²) in [6, 6.07) is 14.0. The number of hydrogen-bond donors (Lipinski definition) is 4. The highest BCUT2D eigenvalue weighted by Gasteiger charge is 2.24. The van der Waals surface area contributed by atoms with Gasteiger partial charge in [-0.2, -0.15) is 0 Å². The summed E-state index contributed by atoms with van der Waals surface area (Å²) in [6.45, 7) is 18.8. The monoisotopic (exact) mass is 558 g/mol. The van der Waals surface area contributed by atoms with Gasteiger partial charge in [-0.1, -0.05) is 106 Å². The molecule has 0 aliphatic carbocycles. The average molecular weight is 559 g/mol. The van der Waals surface area contributed by atoms with Crippen LogP contribution in [0.5, 0.6) is 0 Å². The highest BCUT2D eigenvalue weighted by molar-refractivity contribution is 5.88. The van der Waals surface area contributed by atoms with Gasteiger partial charge < -0.3 is 20.4 Å². The van der Waals surface area contributed by atoms with Crippen LogP contribution in [0.25, 0.3) is 0 Å². The van der Waals surface area contributed by atoms with Gasteiger partial charge in [-0.3, -0.25) is 0 Å². The quantitative estimate of drug-likeness (QED) is 0.234. The second kappa shape index (κ2) is 17.9. The molecule has 6 heteroatoms. The fraction of sp³-hybridized carbons (Fsp3) is 0.588. The van der Waals surface area contributed by atoms with E-state index in [1.54, 1.807) is 24.3 Å². The Morgan fingerprint density at radius 3 is 1.25 bits per heavy atom. The van der Waals surface area contributed by atoms with E-state index in [0.29, 0.717) is 11.1 Å². The topological polar surface area (TPSA) is 115 Å². The third kappa shape index (κ3) is 14.1. The smallest absolute Gasteiger partial charge is 0.335 e. The lowest BCUT2D eigenvalue weighted by molar-refractivity contribution is 0.00110. The first-order valence-electron chi connectivity index (χ1n) is 14.5. The lowest BCUT2D eigenvalue weighted by Crippen LogP contribution is -2.31. The van der Waals surface area contributed by atoms with E-state index >= 15 is 0 Å². The van der Waals surface area contributed by atoms with Crippen LogP contribution in [0.2, 0.25) is 0 Å². The Bertz CT molecular complexity index is 914. The second-order valence-corrected chi connectivity index (χ2v) is 12.4. The van der Waals surface area contributed by atoms with Crippen molar-refractivity contribution >= 4 is 11.9 Å². The molecular weight excluding hydrogens is 504 g/mol. The number of aliphatic hydroxyl groups is 2. The fourth-order valence-electron chi connectivity index (χ4n) is 4.12. The zero-order valence-corrected chi connectivity index (χ0v) is 26.2. The molecule has 226 valence electrons. The van der Waals surface area contributed by atoms with Crippen molar-refractivity contribution in [2.45, 2.75) is 124 Å². The number of hydrogen-bond acceptors (Lipinski definition) is 4. The van der Waals surface area contributed by atoms with Crippen molar-refractivity contribution in [2.75, 3.05) is 0 Å². The predicted molar refractivity (Wildman–Crippen MR) is 164 cm³/mol. The summed E-state index contributed by atoms with van der Waals surface area (Å²) in [5.74, 6) is -1.67. The minimum atomic E-state index is -0.875. The lowest BCUT2D eigenvalue weighted by atomic mass is 9.87. The number of benzene rings is 2. The normalized spacial score (nSPS) is 13.6. The number of carboxylic acid groups (broad SMARTS) is 2. The van der Waals surface area contributed by atoms with Crippen LogP contribution in [0.1, 0.15) is 133 Å². The van der Waals surface area contributed by atoms with Gasteiger partial charge in [0.2, 0.25) is 0 Å². The Hall–Kier alpha value is -2.70. The van der Waals surface area contributed by atoms with E-state index < -0.39 is 11.9 Å². The van der Waals surface area contributed by atoms with Crippen LogP contribution in [-0.4, -0.2) is 44.6 Å². The molecule has 0 saturated heterocycles. The summed E-state index contributed by atoms with van der Waals surface area (Å²) < 4.78 is 0. The van der Waals surface area contributed by atoms with E-state index in [9.17, 15) is 19.8 Å². The Morgan fingerprint density at radius 2 is 1.00 bits per heavy atom. The van der Waals surface area contributed by atoms with Gasteiger partial charge in [0, 0.05) is 5.92 Å². The molecule has 2 rings (SSSR count). The molecule has 40 heavy (non-hydrogen) atoms. The van der Waals surface area contributed by atoms with E-state index in [-0.39, 0.29) is 29.0 Å². The number of carbonyl (C=O) groups is 2. The molecule has 0 aliphatic heterocycles. The molecule has 0 radical (unpaired) electrons. The second-order valence-electron chi connectivity index (χ2n) is 12.4. The Morgan fingerprint density at radius 1 is 0.625 bits per heavy atom. The summed E-state index contributed by atoms with van der Waals surface area (Å²) in [5, 5.41) is 37.0. The maximum atomic E-state index is 10.6. The highest BCUT2D eigenvalue weighted by Crippen LogP contribution is 2.24. The van der Waals surface area contributed by atoms with Gasteiger partial charge in [0.15, 0.2) is 0 Å². The molecule has 2 aromatic rings. The molecule has 0 fully saturated rings. The molecular formula is C34H54O6. The third-order valence-corrected chi connectivity index (χ3v) is 6.88. The predicted octanol–water partition coefficient (Wildman–Crippen LogP) is 8.09. The molecule has 4 N–H and O–H groups in total. The highest BCUT2D eigenvalue weighted by atomic mass is 16.4. The number of rotatable bonds is 10. The summed E-state index contributed by atoms with van der Waals surface area (Å²) in [7, 11) is 0. The van der Waals surface area contributed by atoms with Crippen molar-refractivity contribution in [3.05, 3.63) is 70.8 Å². The van der Waals surface area contributed by atoms with Crippen LogP contribution in [0.3, 0.4) is 0 Å². The number of aliphatic hydroxyl groups excluding tert-OH is 2. The number of carboxylic acids is 2. The molecule has 3 atom stereocenters. The SMILES string of the molecule is CC(C)(C)c1ccc(C(=O)O)cc1.CC(C)(C)c1ccc(C(=O)O)cc1.CCCCC(C(O)CC)C(O)CCC. The Kier molecular flexibility index (Phi) is 16.7. The van der Waals surface area contributed by atoms with Gasteiger partial charge >= 0.3 is 11.9 Å². The van der Waals surface area contributed by atoms with Crippen molar-refractivity contribution in [3.8, 4) is 0 Å². The van der Waals surface area contributed by atoms with Gasteiger partial charge in [-0.15, -0.1) is 0 Å². The first-order valence-corrected chi connectivity index (χ1v) is 14.5. The minimum absolute atomic E-state index is 0.0804. The van der Waals surface area contributed by atoms with Crippen LogP contribution >= 0.6 is 0 Å². The van der Waals surface area contributed by atoms with Crippen LogP contribution in [0.15, 0.2) is 48.5 Å². The summed E-state index contributed by atoms with van der Waals surface area (Å²) in [4.78, 5) is 21.1. The zero-order valence-electron chi connectivity index (χ0n) is 26.2. The van der Waals surface area contributed by atoms with Gasteiger partial charge in [0.1, 0.15) is 0 Å². The largest absolute Gasteiger partial charge is 0.478 e. The molecule has 2 aromatic carbocycles. The molecule has 3 unspecified atom stereocenters. The van der Waals surface area contributed by atoms with Gasteiger partial charge in [-0.05, 0) is 65.5 Å². The van der Waals surface area contributed by atoms with E-state index in [1.165, 1.54) is 0 Å². The van der Waals surface area contributed by atoms with Crippen LogP contribution in [-0.2, 0) is 10.8 Å². The average Bonchev–Trinajstić information content (AvgIpc) is 2.88. The maximum absolute atomic E-state index is 10.6. The molecule has 0 amide bonds. The minimum Gasteiger partial charge on any atom is -0.478 e. The molecule has 0 spiro atoms. The molecule has 0 aliphatic rings. The van der Waals surface area contributed by atoms with Crippen molar-refractivity contribution in [2.24, 2.45) is 5.92 Å². The van der Waals surface area contributed by atoms with E-state index in [1.807, 2.05) is 31.2 Å². The number of unbranched alkanes of at least 4 members (excludes halogenated alkanes) is 1. The summed E-state index contributed by atoms with van der Waals surface area (Å²) >= 11 is 0. The van der Waals surface area contributed by atoms with Crippen LogP contribution in [0, 0.1) is 5.92 Å². The van der Waals surface area contributed by atoms with Gasteiger partial charge in [-0.25, -0.2) is 9.59 Å². The summed E-state index contributed by atoms with van der Waals surface area (Å²) in [6.07, 6.45) is 5.08.